The minimum absolute atomic E-state index is 0.248. The van der Waals surface area contributed by atoms with Gasteiger partial charge in [0.2, 0.25) is 0 Å². The second-order valence-corrected chi connectivity index (χ2v) is 5.79. The maximum Gasteiger partial charge on any atom is 0.0646 e. The number of nitrogens with one attached hydrogen (secondary N) is 1. The van der Waals surface area contributed by atoms with Crippen LogP contribution in [0.4, 0.5) is 0 Å². The smallest absolute Gasteiger partial charge is 0.0646 e. The van der Waals surface area contributed by atoms with E-state index in [9.17, 15) is 0 Å². The highest BCUT2D eigenvalue weighted by Crippen LogP contribution is 2.29. The predicted molar refractivity (Wildman–Crippen MR) is 63.0 cm³/mol. The van der Waals surface area contributed by atoms with Crippen LogP contribution in [0.25, 0.3) is 0 Å². The molecule has 2 rings (SSSR count). The first-order valence-electron chi connectivity index (χ1n) is 6.53. The molecule has 1 aliphatic carbocycles. The molecule has 0 aromatic rings. The van der Waals surface area contributed by atoms with Crippen LogP contribution in [0.3, 0.4) is 0 Å². The lowest BCUT2D eigenvalue weighted by atomic mass is 9.95. The van der Waals surface area contributed by atoms with Crippen molar-refractivity contribution in [3.63, 3.8) is 0 Å². The van der Waals surface area contributed by atoms with E-state index in [0.717, 1.165) is 19.1 Å². The summed E-state index contributed by atoms with van der Waals surface area (Å²) in [6.07, 6.45) is 8.35. The average Bonchev–Trinajstić information content (AvgIpc) is 2.76. The molecule has 2 aliphatic rings. The van der Waals surface area contributed by atoms with Gasteiger partial charge in [0.15, 0.2) is 0 Å². The second-order valence-electron chi connectivity index (χ2n) is 5.79. The van der Waals surface area contributed by atoms with Gasteiger partial charge in [-0.3, -0.25) is 0 Å². The fourth-order valence-electron chi connectivity index (χ4n) is 3.18. The molecule has 2 heteroatoms. The van der Waals surface area contributed by atoms with Gasteiger partial charge in [0, 0.05) is 18.2 Å². The van der Waals surface area contributed by atoms with E-state index in [1.54, 1.807) is 0 Å². The van der Waals surface area contributed by atoms with Crippen LogP contribution in [-0.2, 0) is 4.74 Å². The molecule has 1 heterocycles. The van der Waals surface area contributed by atoms with E-state index in [0.29, 0.717) is 6.04 Å². The van der Waals surface area contributed by atoms with Gasteiger partial charge >= 0.3 is 0 Å². The molecule has 2 unspecified atom stereocenters. The van der Waals surface area contributed by atoms with Gasteiger partial charge in [0.05, 0.1) is 6.61 Å². The van der Waals surface area contributed by atoms with Gasteiger partial charge in [-0.2, -0.15) is 0 Å². The highest BCUT2D eigenvalue weighted by molar-refractivity contribution is 4.89. The summed E-state index contributed by atoms with van der Waals surface area (Å²) in [4.78, 5) is 0. The zero-order valence-electron chi connectivity index (χ0n) is 10.2. The van der Waals surface area contributed by atoms with Gasteiger partial charge < -0.3 is 10.1 Å². The van der Waals surface area contributed by atoms with Crippen LogP contribution in [0.15, 0.2) is 0 Å². The lowest BCUT2D eigenvalue weighted by Gasteiger charge is -2.29. The number of ether oxygens (including phenoxy) is 1. The Morgan fingerprint density at radius 1 is 1.40 bits per heavy atom. The quantitative estimate of drug-likeness (QED) is 0.772. The van der Waals surface area contributed by atoms with E-state index in [2.05, 4.69) is 19.2 Å². The van der Waals surface area contributed by atoms with Crippen LogP contribution in [0.1, 0.15) is 52.4 Å². The van der Waals surface area contributed by atoms with E-state index < -0.39 is 0 Å². The summed E-state index contributed by atoms with van der Waals surface area (Å²) in [7, 11) is 0. The summed E-state index contributed by atoms with van der Waals surface area (Å²) in [6.45, 7) is 6.45. The Hall–Kier alpha value is -0.0800. The molecule has 0 aromatic heterocycles. The Morgan fingerprint density at radius 2 is 2.13 bits per heavy atom. The van der Waals surface area contributed by atoms with Crippen LogP contribution in [0, 0.1) is 5.92 Å². The zero-order valence-corrected chi connectivity index (χ0v) is 10.2. The minimum Gasteiger partial charge on any atom is -0.379 e. The highest BCUT2D eigenvalue weighted by Gasteiger charge is 2.31. The molecule has 0 spiro atoms. The normalized spacial score (nSPS) is 34.8. The molecule has 0 amide bonds. The summed E-state index contributed by atoms with van der Waals surface area (Å²) >= 11 is 0. The Balaban J connectivity index is 1.73. The Morgan fingerprint density at radius 3 is 2.73 bits per heavy atom. The third-order valence-electron chi connectivity index (χ3n) is 3.98. The van der Waals surface area contributed by atoms with Crippen molar-refractivity contribution in [3.05, 3.63) is 0 Å². The highest BCUT2D eigenvalue weighted by atomic mass is 16.5. The van der Waals surface area contributed by atoms with Gasteiger partial charge in [-0.15, -0.1) is 0 Å². The molecule has 1 aliphatic heterocycles. The summed E-state index contributed by atoms with van der Waals surface area (Å²) in [5.41, 5.74) is 0.248. The Labute approximate surface area is 93.8 Å². The fourth-order valence-corrected chi connectivity index (χ4v) is 3.18. The summed E-state index contributed by atoms with van der Waals surface area (Å²) in [6, 6.07) is 0.653. The molecule has 0 bridgehead atoms. The van der Waals surface area contributed by atoms with Crippen LogP contribution in [0.2, 0.25) is 0 Å². The van der Waals surface area contributed by atoms with Crippen molar-refractivity contribution in [2.75, 3.05) is 13.2 Å². The van der Waals surface area contributed by atoms with E-state index in [4.69, 9.17) is 4.74 Å². The fraction of sp³-hybridized carbons (Fsp3) is 1.00. The van der Waals surface area contributed by atoms with Crippen molar-refractivity contribution in [1.82, 2.24) is 5.32 Å². The molecule has 88 valence electrons. The maximum atomic E-state index is 5.47. The monoisotopic (exact) mass is 211 g/mol. The summed E-state index contributed by atoms with van der Waals surface area (Å²) in [5, 5.41) is 3.76. The number of hydrogen-bond donors (Lipinski definition) is 1. The maximum absolute atomic E-state index is 5.47. The van der Waals surface area contributed by atoms with Crippen LogP contribution >= 0.6 is 0 Å². The van der Waals surface area contributed by atoms with Crippen molar-refractivity contribution in [1.29, 1.82) is 0 Å². The molecule has 15 heavy (non-hydrogen) atoms. The lowest BCUT2D eigenvalue weighted by molar-refractivity contribution is 0.165. The molecule has 1 saturated carbocycles. The van der Waals surface area contributed by atoms with Crippen LogP contribution < -0.4 is 5.32 Å². The van der Waals surface area contributed by atoms with Crippen molar-refractivity contribution in [2.45, 2.75) is 64.0 Å². The third kappa shape index (κ3) is 3.18. The van der Waals surface area contributed by atoms with Crippen molar-refractivity contribution in [3.8, 4) is 0 Å². The molecule has 2 atom stereocenters. The first-order chi connectivity index (χ1) is 7.18. The summed E-state index contributed by atoms with van der Waals surface area (Å²) < 4.78 is 5.47. The summed E-state index contributed by atoms with van der Waals surface area (Å²) in [5.74, 6) is 0.985. The molecule has 1 N–H and O–H groups in total. The lowest BCUT2D eigenvalue weighted by Crippen LogP contribution is -2.48. The predicted octanol–water partition coefficient (Wildman–Crippen LogP) is 2.72. The van der Waals surface area contributed by atoms with Gasteiger partial charge in [0.25, 0.3) is 0 Å². The van der Waals surface area contributed by atoms with Crippen molar-refractivity contribution >= 4 is 0 Å². The topological polar surface area (TPSA) is 21.3 Å². The Kier molecular flexibility index (Phi) is 3.68. The molecule has 0 radical (unpaired) electrons. The number of hydrogen-bond acceptors (Lipinski definition) is 2. The van der Waals surface area contributed by atoms with E-state index >= 15 is 0 Å². The Bertz CT molecular complexity index is 193. The average molecular weight is 211 g/mol. The minimum atomic E-state index is 0.248. The van der Waals surface area contributed by atoms with Gasteiger partial charge in [-0.05, 0) is 32.6 Å². The van der Waals surface area contributed by atoms with Gasteiger partial charge in [-0.1, -0.05) is 25.7 Å². The van der Waals surface area contributed by atoms with Crippen LogP contribution in [-0.4, -0.2) is 24.8 Å². The first kappa shape index (κ1) is 11.4. The molecular formula is C13H25NO. The molecule has 0 aromatic carbocycles. The zero-order chi connectivity index (χ0) is 10.7. The number of rotatable bonds is 4. The largest absolute Gasteiger partial charge is 0.379 e. The molecule has 2 nitrogen and oxygen atoms in total. The SMILES string of the molecule is CC(CC1CCCC1)NC1(C)CCOC1. The van der Waals surface area contributed by atoms with E-state index in [1.807, 2.05) is 0 Å². The standard InChI is InChI=1S/C13H25NO/c1-11(9-12-5-3-4-6-12)14-13(2)7-8-15-10-13/h11-12,14H,3-10H2,1-2H3. The first-order valence-corrected chi connectivity index (χ1v) is 6.53. The van der Waals surface area contributed by atoms with E-state index in [-0.39, 0.29) is 5.54 Å². The van der Waals surface area contributed by atoms with Crippen molar-refractivity contribution < 1.29 is 4.74 Å². The molecular weight excluding hydrogens is 186 g/mol. The third-order valence-corrected chi connectivity index (χ3v) is 3.98. The second kappa shape index (κ2) is 4.84. The van der Waals surface area contributed by atoms with Crippen LogP contribution in [0.5, 0.6) is 0 Å². The van der Waals surface area contributed by atoms with Crippen molar-refractivity contribution in [2.24, 2.45) is 5.92 Å². The van der Waals surface area contributed by atoms with Gasteiger partial charge in [0.1, 0.15) is 0 Å². The van der Waals surface area contributed by atoms with E-state index in [1.165, 1.54) is 38.5 Å². The molecule has 2 fully saturated rings. The van der Waals surface area contributed by atoms with Gasteiger partial charge in [-0.25, -0.2) is 0 Å². The molecule has 1 saturated heterocycles.